The first kappa shape index (κ1) is 18.9. The zero-order valence-electron chi connectivity index (χ0n) is 16.2. The first-order chi connectivity index (χ1) is 15.2. The number of carbonyl (C=O) groups excluding carboxylic acids is 2. The smallest absolute Gasteiger partial charge is 0.258 e. The van der Waals surface area contributed by atoms with Gasteiger partial charge in [-0.15, -0.1) is 10.2 Å². The fourth-order valence-electron chi connectivity index (χ4n) is 3.50. The molecule has 0 spiro atoms. The predicted octanol–water partition coefficient (Wildman–Crippen LogP) is 5.35. The van der Waals surface area contributed by atoms with Crippen molar-refractivity contribution in [2.24, 2.45) is 0 Å². The van der Waals surface area contributed by atoms with E-state index in [1.807, 2.05) is 72.8 Å². The Kier molecular flexibility index (Phi) is 4.86. The highest BCUT2D eigenvalue weighted by Crippen LogP contribution is 2.25. The number of fused-ring (bicyclic) bond motifs is 2. The molecule has 0 atom stereocenters. The highest BCUT2D eigenvalue weighted by molar-refractivity contribution is 7.19. The second kappa shape index (κ2) is 7.97. The van der Waals surface area contributed by atoms with Crippen molar-refractivity contribution in [3.05, 3.63) is 96.1 Å². The zero-order valence-corrected chi connectivity index (χ0v) is 17.0. The van der Waals surface area contributed by atoms with Crippen LogP contribution in [0.2, 0.25) is 0 Å². The highest BCUT2D eigenvalue weighted by atomic mass is 32.1. The van der Waals surface area contributed by atoms with Gasteiger partial charge in [0.05, 0.1) is 0 Å². The molecule has 1 heterocycles. The predicted molar refractivity (Wildman–Crippen MR) is 124 cm³/mol. The average molecular weight is 424 g/mol. The van der Waals surface area contributed by atoms with E-state index < -0.39 is 0 Å². The Morgan fingerprint density at radius 2 is 1.00 bits per heavy atom. The Labute approximate surface area is 181 Å². The highest BCUT2D eigenvalue weighted by Gasteiger charge is 2.15. The third-order valence-corrected chi connectivity index (χ3v) is 5.69. The monoisotopic (exact) mass is 424 g/mol. The molecular weight excluding hydrogens is 408 g/mol. The maximum atomic E-state index is 12.8. The minimum Gasteiger partial charge on any atom is -0.296 e. The Bertz CT molecular complexity index is 1330. The summed E-state index contributed by atoms with van der Waals surface area (Å²) in [7, 11) is 0. The molecule has 1 aromatic heterocycles. The van der Waals surface area contributed by atoms with Gasteiger partial charge in [0.2, 0.25) is 10.3 Å². The quantitative estimate of drug-likeness (QED) is 0.407. The first-order valence-electron chi connectivity index (χ1n) is 9.61. The zero-order chi connectivity index (χ0) is 21.2. The van der Waals surface area contributed by atoms with Gasteiger partial charge in [-0.25, -0.2) is 0 Å². The van der Waals surface area contributed by atoms with Crippen molar-refractivity contribution in [3.8, 4) is 0 Å². The molecule has 6 nitrogen and oxygen atoms in total. The van der Waals surface area contributed by atoms with E-state index in [2.05, 4.69) is 20.8 Å². The van der Waals surface area contributed by atoms with Crippen LogP contribution in [0.5, 0.6) is 0 Å². The minimum absolute atomic E-state index is 0.278. The van der Waals surface area contributed by atoms with E-state index in [1.54, 1.807) is 12.1 Å². The molecule has 5 rings (SSSR count). The van der Waals surface area contributed by atoms with Crippen molar-refractivity contribution in [1.29, 1.82) is 0 Å². The molecule has 0 saturated heterocycles. The average Bonchev–Trinajstić information content (AvgIpc) is 3.24. The van der Waals surface area contributed by atoms with Gasteiger partial charge in [0, 0.05) is 11.1 Å². The Morgan fingerprint density at radius 3 is 1.48 bits per heavy atom. The van der Waals surface area contributed by atoms with Crippen LogP contribution in [0, 0.1) is 0 Å². The van der Waals surface area contributed by atoms with Crippen LogP contribution < -0.4 is 10.6 Å². The standard InChI is InChI=1S/C24H16N4O2S/c29-21(19-13-5-9-15-7-1-3-11-17(15)19)25-23-27-28-24(31-23)26-22(30)20-14-6-10-16-8-2-4-12-18(16)20/h1-14H,(H,25,27,29)(H,26,28,30). The summed E-state index contributed by atoms with van der Waals surface area (Å²) in [5.41, 5.74) is 1.10. The van der Waals surface area contributed by atoms with Crippen molar-refractivity contribution >= 4 is 55.0 Å². The number of aromatic nitrogens is 2. The number of carbonyl (C=O) groups is 2. The van der Waals surface area contributed by atoms with Gasteiger partial charge in [0.15, 0.2) is 0 Å². The van der Waals surface area contributed by atoms with Crippen molar-refractivity contribution in [3.63, 3.8) is 0 Å². The lowest BCUT2D eigenvalue weighted by molar-refractivity contribution is 0.102. The van der Waals surface area contributed by atoms with Crippen LogP contribution in [0.4, 0.5) is 10.3 Å². The van der Waals surface area contributed by atoms with Gasteiger partial charge in [-0.3, -0.25) is 20.2 Å². The van der Waals surface area contributed by atoms with Gasteiger partial charge < -0.3 is 0 Å². The number of anilines is 2. The van der Waals surface area contributed by atoms with Gasteiger partial charge >= 0.3 is 0 Å². The maximum Gasteiger partial charge on any atom is 0.258 e. The minimum atomic E-state index is -0.278. The summed E-state index contributed by atoms with van der Waals surface area (Å²) in [6.45, 7) is 0. The summed E-state index contributed by atoms with van der Waals surface area (Å²) in [4.78, 5) is 25.5. The second-order valence-electron chi connectivity index (χ2n) is 6.87. The molecule has 0 unspecified atom stereocenters. The molecule has 4 aromatic carbocycles. The van der Waals surface area contributed by atoms with Crippen LogP contribution in [0.15, 0.2) is 84.9 Å². The maximum absolute atomic E-state index is 12.8. The molecule has 0 aliphatic rings. The summed E-state index contributed by atoms with van der Waals surface area (Å²) in [6.07, 6.45) is 0. The SMILES string of the molecule is O=C(Nc1nnc(NC(=O)c2cccc3ccccc23)s1)c1cccc2ccccc12. The molecule has 0 saturated carbocycles. The molecule has 2 N–H and O–H groups in total. The fourth-order valence-corrected chi connectivity index (χ4v) is 4.13. The number of benzene rings is 4. The molecule has 5 aromatic rings. The van der Waals surface area contributed by atoms with Crippen LogP contribution in [0.1, 0.15) is 20.7 Å². The number of nitrogens with zero attached hydrogens (tertiary/aromatic N) is 2. The molecular formula is C24H16N4O2S. The number of hydrogen-bond acceptors (Lipinski definition) is 5. The molecule has 0 fully saturated rings. The fraction of sp³-hybridized carbons (Fsp3) is 0. The van der Waals surface area contributed by atoms with Crippen molar-refractivity contribution < 1.29 is 9.59 Å². The molecule has 31 heavy (non-hydrogen) atoms. The van der Waals surface area contributed by atoms with E-state index >= 15 is 0 Å². The molecule has 2 amide bonds. The summed E-state index contributed by atoms with van der Waals surface area (Å²) in [5.74, 6) is -0.556. The van der Waals surface area contributed by atoms with Crippen LogP contribution in [0.25, 0.3) is 21.5 Å². The number of nitrogens with one attached hydrogen (secondary N) is 2. The molecule has 0 radical (unpaired) electrons. The number of hydrogen-bond donors (Lipinski definition) is 2. The molecule has 0 aliphatic carbocycles. The third-order valence-electron chi connectivity index (χ3n) is 4.93. The van der Waals surface area contributed by atoms with E-state index in [0.717, 1.165) is 32.9 Å². The molecule has 7 heteroatoms. The van der Waals surface area contributed by atoms with E-state index in [-0.39, 0.29) is 11.8 Å². The normalized spacial score (nSPS) is 10.8. The van der Waals surface area contributed by atoms with Gasteiger partial charge in [0.25, 0.3) is 11.8 Å². The largest absolute Gasteiger partial charge is 0.296 e. The third kappa shape index (κ3) is 3.74. The van der Waals surface area contributed by atoms with Crippen molar-refractivity contribution in [2.45, 2.75) is 0 Å². The molecule has 150 valence electrons. The topological polar surface area (TPSA) is 84.0 Å². The lowest BCUT2D eigenvalue weighted by atomic mass is 10.0. The van der Waals surface area contributed by atoms with Gasteiger partial charge in [-0.2, -0.15) is 0 Å². The Morgan fingerprint density at radius 1 is 0.581 bits per heavy atom. The molecule has 0 bridgehead atoms. The van der Waals surface area contributed by atoms with Crippen LogP contribution in [-0.4, -0.2) is 22.0 Å². The summed E-state index contributed by atoms with van der Waals surface area (Å²) < 4.78 is 0. The van der Waals surface area contributed by atoms with Crippen molar-refractivity contribution in [1.82, 2.24) is 10.2 Å². The van der Waals surface area contributed by atoms with Crippen molar-refractivity contribution in [2.75, 3.05) is 10.6 Å². The van der Waals surface area contributed by atoms with E-state index in [4.69, 9.17) is 0 Å². The van der Waals surface area contributed by atoms with Gasteiger partial charge in [-0.1, -0.05) is 84.1 Å². The van der Waals surface area contributed by atoms with E-state index in [0.29, 0.717) is 21.4 Å². The number of amides is 2. The Hall–Kier alpha value is -4.10. The Balaban J connectivity index is 1.34. The number of rotatable bonds is 4. The van der Waals surface area contributed by atoms with E-state index in [1.165, 1.54) is 0 Å². The van der Waals surface area contributed by atoms with Gasteiger partial charge in [0.1, 0.15) is 0 Å². The van der Waals surface area contributed by atoms with Crippen LogP contribution >= 0.6 is 11.3 Å². The summed E-state index contributed by atoms with van der Waals surface area (Å²) >= 11 is 1.10. The summed E-state index contributed by atoms with van der Waals surface area (Å²) in [5, 5.41) is 17.8. The van der Waals surface area contributed by atoms with E-state index in [9.17, 15) is 9.59 Å². The molecule has 0 aliphatic heterocycles. The van der Waals surface area contributed by atoms with Gasteiger partial charge in [-0.05, 0) is 33.7 Å². The van der Waals surface area contributed by atoms with Crippen LogP contribution in [0.3, 0.4) is 0 Å². The van der Waals surface area contributed by atoms with Crippen LogP contribution in [-0.2, 0) is 0 Å². The summed E-state index contributed by atoms with van der Waals surface area (Å²) in [6, 6.07) is 26.5. The lowest BCUT2D eigenvalue weighted by Gasteiger charge is -2.06. The lowest BCUT2D eigenvalue weighted by Crippen LogP contribution is -2.12. The first-order valence-corrected chi connectivity index (χ1v) is 10.4. The second-order valence-corrected chi connectivity index (χ2v) is 7.85.